The maximum atomic E-state index is 12.3. The number of amides is 1. The number of halogens is 1. The predicted octanol–water partition coefficient (Wildman–Crippen LogP) is 3.85. The van der Waals surface area contributed by atoms with Gasteiger partial charge in [-0.2, -0.15) is 0 Å². The van der Waals surface area contributed by atoms with Gasteiger partial charge < -0.3 is 9.64 Å². The third kappa shape index (κ3) is 4.45. The predicted molar refractivity (Wildman–Crippen MR) is 91.2 cm³/mol. The van der Waals surface area contributed by atoms with Crippen molar-refractivity contribution in [2.75, 3.05) is 13.7 Å². The highest BCUT2D eigenvalue weighted by Crippen LogP contribution is 2.23. The molecule has 0 aliphatic carbocycles. The molecule has 0 bridgehead atoms. The lowest BCUT2D eigenvalue weighted by molar-refractivity contribution is -0.384. The van der Waals surface area contributed by atoms with Gasteiger partial charge in [0, 0.05) is 24.2 Å². The van der Waals surface area contributed by atoms with Crippen molar-refractivity contribution in [1.29, 1.82) is 0 Å². The molecule has 0 saturated heterocycles. The van der Waals surface area contributed by atoms with E-state index in [2.05, 4.69) is 0 Å². The van der Waals surface area contributed by atoms with E-state index in [1.54, 1.807) is 50.4 Å². The molecule has 0 saturated carbocycles. The maximum absolute atomic E-state index is 12.3. The van der Waals surface area contributed by atoms with Gasteiger partial charge in [0.15, 0.2) is 6.61 Å². The summed E-state index contributed by atoms with van der Waals surface area (Å²) in [6.45, 7) is 1.66. The average Bonchev–Trinajstić information content (AvgIpc) is 2.58. The first-order chi connectivity index (χ1) is 11.4. The molecule has 0 radical (unpaired) electrons. The van der Waals surface area contributed by atoms with Crippen molar-refractivity contribution in [2.24, 2.45) is 0 Å². The van der Waals surface area contributed by atoms with E-state index in [-0.39, 0.29) is 24.2 Å². The molecule has 24 heavy (non-hydrogen) atoms. The number of likely N-dealkylation sites (N-methyl/N-ethyl adjacent to an activating group) is 1. The molecule has 1 unspecified atom stereocenters. The summed E-state index contributed by atoms with van der Waals surface area (Å²) in [7, 11) is 1.63. The summed E-state index contributed by atoms with van der Waals surface area (Å²) in [6, 6.07) is 12.7. The van der Waals surface area contributed by atoms with Crippen LogP contribution in [-0.2, 0) is 4.79 Å². The largest absolute Gasteiger partial charge is 0.484 e. The number of non-ortho nitro benzene ring substituents is 1. The highest BCUT2D eigenvalue weighted by Gasteiger charge is 2.19. The van der Waals surface area contributed by atoms with E-state index in [0.29, 0.717) is 16.3 Å². The summed E-state index contributed by atoms with van der Waals surface area (Å²) in [5.74, 6) is 0.265. The third-order valence-corrected chi connectivity index (χ3v) is 3.93. The van der Waals surface area contributed by atoms with Gasteiger partial charge in [-0.05, 0) is 30.7 Å². The second kappa shape index (κ2) is 7.79. The van der Waals surface area contributed by atoms with Crippen molar-refractivity contribution in [3.05, 3.63) is 69.2 Å². The maximum Gasteiger partial charge on any atom is 0.269 e. The summed E-state index contributed by atoms with van der Waals surface area (Å²) in [6.07, 6.45) is 0. The molecule has 0 fully saturated rings. The highest BCUT2D eigenvalue weighted by molar-refractivity contribution is 6.30. The number of hydrogen-bond acceptors (Lipinski definition) is 4. The van der Waals surface area contributed by atoms with Crippen LogP contribution >= 0.6 is 11.6 Å². The Labute approximate surface area is 144 Å². The molecule has 0 aromatic heterocycles. The molecule has 0 aliphatic rings. The lowest BCUT2D eigenvalue weighted by Gasteiger charge is -2.25. The van der Waals surface area contributed by atoms with Crippen LogP contribution in [0, 0.1) is 10.1 Å². The van der Waals surface area contributed by atoms with Gasteiger partial charge in [-0.25, -0.2) is 0 Å². The molecular weight excluding hydrogens is 332 g/mol. The molecule has 2 rings (SSSR count). The molecule has 1 atom stereocenters. The zero-order valence-electron chi connectivity index (χ0n) is 13.3. The number of carbonyl (C=O) groups excluding carboxylic acids is 1. The van der Waals surface area contributed by atoms with E-state index >= 15 is 0 Å². The standard InChI is InChI=1S/C17H17ClN2O4/c1-12(13-5-3-7-15(9-13)20(22)23)19(2)17(21)11-24-16-8-4-6-14(18)10-16/h3-10,12H,11H2,1-2H3. The Morgan fingerprint density at radius 1 is 1.29 bits per heavy atom. The SMILES string of the molecule is CC(c1cccc([N+](=O)[O-])c1)N(C)C(=O)COc1cccc(Cl)c1. The van der Waals surface area contributed by atoms with Crippen LogP contribution in [-0.4, -0.2) is 29.4 Å². The molecule has 7 heteroatoms. The number of benzene rings is 2. The summed E-state index contributed by atoms with van der Waals surface area (Å²) in [5, 5.41) is 11.4. The Morgan fingerprint density at radius 3 is 2.67 bits per heavy atom. The normalized spacial score (nSPS) is 11.6. The van der Waals surface area contributed by atoms with Gasteiger partial charge in [0.25, 0.3) is 11.6 Å². The first-order valence-electron chi connectivity index (χ1n) is 7.27. The summed E-state index contributed by atoms with van der Waals surface area (Å²) in [4.78, 5) is 24.2. The van der Waals surface area contributed by atoms with E-state index in [0.717, 1.165) is 0 Å². The molecule has 6 nitrogen and oxygen atoms in total. The zero-order chi connectivity index (χ0) is 17.7. The fraction of sp³-hybridized carbons (Fsp3) is 0.235. The molecular formula is C17H17ClN2O4. The van der Waals surface area contributed by atoms with E-state index in [1.807, 2.05) is 0 Å². The molecule has 0 spiro atoms. The summed E-state index contributed by atoms with van der Waals surface area (Å²) >= 11 is 5.86. The lowest BCUT2D eigenvalue weighted by atomic mass is 10.1. The Bertz CT molecular complexity index is 751. The minimum absolute atomic E-state index is 0.00428. The number of rotatable bonds is 6. The second-order valence-electron chi connectivity index (χ2n) is 5.28. The van der Waals surface area contributed by atoms with Gasteiger partial charge in [-0.1, -0.05) is 29.8 Å². The van der Waals surface area contributed by atoms with E-state index in [1.165, 1.54) is 17.0 Å². The number of carbonyl (C=O) groups is 1. The molecule has 0 heterocycles. The number of nitrogens with zero attached hydrogens (tertiary/aromatic N) is 2. The Morgan fingerprint density at radius 2 is 2.00 bits per heavy atom. The topological polar surface area (TPSA) is 72.7 Å². The minimum atomic E-state index is -0.458. The number of hydrogen-bond donors (Lipinski definition) is 0. The van der Waals surface area contributed by atoms with Crippen LogP contribution in [0.3, 0.4) is 0 Å². The number of ether oxygens (including phenoxy) is 1. The lowest BCUT2D eigenvalue weighted by Crippen LogP contribution is -2.33. The fourth-order valence-electron chi connectivity index (χ4n) is 2.14. The zero-order valence-corrected chi connectivity index (χ0v) is 14.1. The summed E-state index contributed by atoms with van der Waals surface area (Å²) in [5.41, 5.74) is 0.679. The van der Waals surface area contributed by atoms with Crippen LogP contribution < -0.4 is 4.74 Å². The van der Waals surface area contributed by atoms with E-state index in [9.17, 15) is 14.9 Å². The van der Waals surface area contributed by atoms with Gasteiger partial charge in [0.2, 0.25) is 0 Å². The quantitative estimate of drug-likeness (QED) is 0.587. The Hall–Kier alpha value is -2.60. The van der Waals surface area contributed by atoms with Crippen molar-refractivity contribution < 1.29 is 14.5 Å². The van der Waals surface area contributed by atoms with Gasteiger partial charge in [0.1, 0.15) is 5.75 Å². The van der Waals surface area contributed by atoms with Crippen molar-refractivity contribution in [1.82, 2.24) is 4.90 Å². The van der Waals surface area contributed by atoms with Crippen molar-refractivity contribution in [2.45, 2.75) is 13.0 Å². The molecule has 1 amide bonds. The molecule has 2 aromatic rings. The average molecular weight is 349 g/mol. The highest BCUT2D eigenvalue weighted by atomic mass is 35.5. The van der Waals surface area contributed by atoms with Gasteiger partial charge in [-0.15, -0.1) is 0 Å². The van der Waals surface area contributed by atoms with E-state index < -0.39 is 4.92 Å². The van der Waals surface area contributed by atoms with Crippen LogP contribution in [0.15, 0.2) is 48.5 Å². The van der Waals surface area contributed by atoms with E-state index in [4.69, 9.17) is 16.3 Å². The van der Waals surface area contributed by atoms with Crippen LogP contribution in [0.1, 0.15) is 18.5 Å². The molecule has 0 N–H and O–H groups in total. The minimum Gasteiger partial charge on any atom is -0.484 e. The Balaban J connectivity index is 2.01. The van der Waals surface area contributed by atoms with Crippen LogP contribution in [0.4, 0.5) is 5.69 Å². The first kappa shape index (κ1) is 17.7. The first-order valence-corrected chi connectivity index (χ1v) is 7.64. The third-order valence-electron chi connectivity index (χ3n) is 3.70. The number of nitro benzene ring substituents is 1. The number of nitro groups is 1. The molecule has 126 valence electrons. The smallest absolute Gasteiger partial charge is 0.269 e. The van der Waals surface area contributed by atoms with Gasteiger partial charge >= 0.3 is 0 Å². The Kier molecular flexibility index (Phi) is 5.76. The van der Waals surface area contributed by atoms with Crippen molar-refractivity contribution in [3.63, 3.8) is 0 Å². The second-order valence-corrected chi connectivity index (χ2v) is 5.72. The van der Waals surface area contributed by atoms with Gasteiger partial charge in [-0.3, -0.25) is 14.9 Å². The van der Waals surface area contributed by atoms with Crippen molar-refractivity contribution in [3.8, 4) is 5.75 Å². The van der Waals surface area contributed by atoms with Crippen LogP contribution in [0.25, 0.3) is 0 Å². The summed E-state index contributed by atoms with van der Waals surface area (Å²) < 4.78 is 5.43. The molecule has 0 aliphatic heterocycles. The van der Waals surface area contributed by atoms with Crippen LogP contribution in [0.5, 0.6) is 5.75 Å². The van der Waals surface area contributed by atoms with Crippen LogP contribution in [0.2, 0.25) is 5.02 Å². The van der Waals surface area contributed by atoms with Gasteiger partial charge in [0.05, 0.1) is 11.0 Å². The fourth-order valence-corrected chi connectivity index (χ4v) is 2.32. The molecule has 2 aromatic carbocycles. The van der Waals surface area contributed by atoms with Crippen molar-refractivity contribution >= 4 is 23.2 Å². The monoisotopic (exact) mass is 348 g/mol.